The van der Waals surface area contributed by atoms with E-state index < -0.39 is 0 Å². The zero-order valence-corrected chi connectivity index (χ0v) is 9.07. The van der Waals surface area contributed by atoms with Gasteiger partial charge in [-0.3, -0.25) is 10.4 Å². The monoisotopic (exact) mass is 204 g/mol. The summed E-state index contributed by atoms with van der Waals surface area (Å²) in [4.78, 5) is 0. The first-order chi connectivity index (χ1) is 7.27. The van der Waals surface area contributed by atoms with Gasteiger partial charge in [0.2, 0.25) is 0 Å². The van der Waals surface area contributed by atoms with Gasteiger partial charge in [-0.2, -0.15) is 0 Å². The van der Waals surface area contributed by atoms with E-state index in [2.05, 4.69) is 59.4 Å². The van der Waals surface area contributed by atoms with Crippen molar-refractivity contribution in [3.05, 3.63) is 35.7 Å². The second-order valence-corrected chi connectivity index (χ2v) is 4.29. The molecule has 0 spiro atoms. The predicted molar refractivity (Wildman–Crippen MR) is 59.2 cm³/mol. The first kappa shape index (κ1) is 9.00. The number of nitrogens with one attached hydrogen (secondary N) is 2. The fraction of sp³-hybridized carbons (Fsp3) is 0.455. The Balaban J connectivity index is 1.99. The third-order valence-corrected chi connectivity index (χ3v) is 3.45. The summed E-state index contributed by atoms with van der Waals surface area (Å²) in [5.74, 6) is 0.553. The molecule has 0 aromatic carbocycles. The van der Waals surface area contributed by atoms with Crippen LogP contribution in [0.3, 0.4) is 0 Å². The van der Waals surface area contributed by atoms with Gasteiger partial charge in [0.15, 0.2) is 0 Å². The van der Waals surface area contributed by atoms with Crippen molar-refractivity contribution in [2.75, 3.05) is 20.6 Å². The maximum atomic E-state index is 3.38. The van der Waals surface area contributed by atoms with Crippen molar-refractivity contribution >= 4 is 0 Å². The lowest BCUT2D eigenvalue weighted by Gasteiger charge is -2.21. The van der Waals surface area contributed by atoms with Crippen molar-refractivity contribution in [2.45, 2.75) is 6.04 Å². The van der Waals surface area contributed by atoms with Crippen molar-refractivity contribution in [2.24, 2.45) is 5.92 Å². The average Bonchev–Trinajstić information content (AvgIpc) is 2.69. The maximum absolute atomic E-state index is 3.38. The van der Waals surface area contributed by atoms with Gasteiger partial charge in [0, 0.05) is 38.3 Å². The fourth-order valence-electron chi connectivity index (χ4n) is 2.56. The van der Waals surface area contributed by atoms with E-state index in [1.165, 1.54) is 11.3 Å². The van der Waals surface area contributed by atoms with Gasteiger partial charge in [0.05, 0.1) is 11.7 Å². The Morgan fingerprint density at radius 3 is 3.13 bits per heavy atom. The number of likely N-dealkylation sites (N-methyl/N-ethyl adjacent to an activating group) is 2. The highest BCUT2D eigenvalue weighted by atomic mass is 15.5. The van der Waals surface area contributed by atoms with Crippen LogP contribution in [-0.4, -0.2) is 36.7 Å². The van der Waals surface area contributed by atoms with E-state index >= 15 is 0 Å². The summed E-state index contributed by atoms with van der Waals surface area (Å²) in [6.45, 7) is 1.02. The van der Waals surface area contributed by atoms with E-state index in [0.29, 0.717) is 12.0 Å². The summed E-state index contributed by atoms with van der Waals surface area (Å²) < 4.78 is 0. The van der Waals surface area contributed by atoms with Crippen molar-refractivity contribution in [1.82, 2.24) is 20.9 Å². The predicted octanol–water partition coefficient (Wildman–Crippen LogP) is 0.209. The molecule has 3 rings (SSSR count). The largest absolute Gasteiger partial charge is 0.306 e. The molecule has 2 aliphatic heterocycles. The van der Waals surface area contributed by atoms with Gasteiger partial charge in [-0.15, -0.1) is 0 Å². The molecule has 15 heavy (non-hydrogen) atoms. The van der Waals surface area contributed by atoms with Crippen LogP contribution in [0.4, 0.5) is 0 Å². The zero-order valence-electron chi connectivity index (χ0n) is 9.07. The number of allylic oxidation sites excluding steroid dienone is 3. The molecule has 2 heterocycles. The number of rotatable bonds is 0. The normalized spacial score (nSPS) is 34.1. The number of hydrazine groups is 2. The molecular formula is C11H16N4. The Bertz CT molecular complexity index is 369. The molecule has 0 amide bonds. The Morgan fingerprint density at radius 1 is 1.40 bits per heavy atom. The molecule has 1 aliphatic carbocycles. The molecule has 2 unspecified atom stereocenters. The molecule has 0 saturated carbocycles. The minimum absolute atomic E-state index is 0.471. The van der Waals surface area contributed by atoms with Gasteiger partial charge in [0.1, 0.15) is 0 Å². The summed E-state index contributed by atoms with van der Waals surface area (Å²) in [5, 5.41) is 4.26. The summed E-state index contributed by atoms with van der Waals surface area (Å²) in [6.07, 6.45) is 8.72. The standard InChI is InChI=1S/C11H16N4/c1-14-10-4-3-5-11-9(7-13-15(11)2)8(10)6-12-14/h3-6,9,11-13H,7H2,1-2H3. The van der Waals surface area contributed by atoms with Crippen molar-refractivity contribution in [3.8, 4) is 0 Å². The first-order valence-corrected chi connectivity index (χ1v) is 5.32. The number of nitrogens with zero attached hydrogens (tertiary/aromatic N) is 2. The van der Waals surface area contributed by atoms with Crippen LogP contribution >= 0.6 is 0 Å². The minimum atomic E-state index is 0.471. The highest BCUT2D eigenvalue weighted by Gasteiger charge is 2.37. The fourth-order valence-corrected chi connectivity index (χ4v) is 2.56. The number of hydrogen-bond acceptors (Lipinski definition) is 4. The van der Waals surface area contributed by atoms with Crippen LogP contribution in [0.1, 0.15) is 0 Å². The molecule has 4 heteroatoms. The van der Waals surface area contributed by atoms with E-state index in [4.69, 9.17) is 0 Å². The van der Waals surface area contributed by atoms with Gasteiger partial charge in [-0.1, -0.05) is 12.2 Å². The lowest BCUT2D eigenvalue weighted by Crippen LogP contribution is -2.33. The zero-order chi connectivity index (χ0) is 10.4. The Morgan fingerprint density at radius 2 is 2.27 bits per heavy atom. The van der Waals surface area contributed by atoms with Crippen LogP contribution in [0.5, 0.6) is 0 Å². The van der Waals surface area contributed by atoms with Crippen LogP contribution in [0.2, 0.25) is 0 Å². The molecule has 0 aromatic rings. The molecule has 2 N–H and O–H groups in total. The Kier molecular flexibility index (Phi) is 1.87. The van der Waals surface area contributed by atoms with Gasteiger partial charge < -0.3 is 5.43 Å². The molecule has 0 aromatic heterocycles. The second-order valence-electron chi connectivity index (χ2n) is 4.29. The average molecular weight is 204 g/mol. The molecule has 4 nitrogen and oxygen atoms in total. The quantitative estimate of drug-likeness (QED) is 0.590. The highest BCUT2D eigenvalue weighted by molar-refractivity contribution is 5.42. The topological polar surface area (TPSA) is 30.5 Å². The Hall–Kier alpha value is -1.26. The Labute approximate surface area is 89.9 Å². The van der Waals surface area contributed by atoms with Crippen LogP contribution in [0.15, 0.2) is 35.7 Å². The van der Waals surface area contributed by atoms with Crippen LogP contribution in [-0.2, 0) is 0 Å². The van der Waals surface area contributed by atoms with Crippen LogP contribution in [0.25, 0.3) is 0 Å². The van der Waals surface area contributed by atoms with Gasteiger partial charge in [0.25, 0.3) is 0 Å². The minimum Gasteiger partial charge on any atom is -0.306 e. The van der Waals surface area contributed by atoms with Gasteiger partial charge in [-0.25, -0.2) is 5.01 Å². The molecule has 1 fully saturated rings. The third-order valence-electron chi connectivity index (χ3n) is 3.45. The molecular weight excluding hydrogens is 188 g/mol. The summed E-state index contributed by atoms with van der Waals surface area (Å²) in [7, 11) is 4.16. The van der Waals surface area contributed by atoms with Crippen molar-refractivity contribution < 1.29 is 0 Å². The molecule has 3 aliphatic rings. The van der Waals surface area contributed by atoms with Gasteiger partial charge >= 0.3 is 0 Å². The summed E-state index contributed by atoms with van der Waals surface area (Å²) in [5.41, 5.74) is 9.32. The van der Waals surface area contributed by atoms with Gasteiger partial charge in [-0.05, 0) is 6.08 Å². The highest BCUT2D eigenvalue weighted by Crippen LogP contribution is 2.33. The van der Waals surface area contributed by atoms with Crippen molar-refractivity contribution in [3.63, 3.8) is 0 Å². The molecule has 2 atom stereocenters. The number of fused-ring (bicyclic) bond motifs is 3. The first-order valence-electron chi connectivity index (χ1n) is 5.32. The van der Waals surface area contributed by atoms with E-state index in [9.17, 15) is 0 Å². The van der Waals surface area contributed by atoms with Crippen LogP contribution < -0.4 is 10.9 Å². The number of hydrogen-bond donors (Lipinski definition) is 2. The summed E-state index contributed by atoms with van der Waals surface area (Å²) >= 11 is 0. The molecule has 0 radical (unpaired) electrons. The van der Waals surface area contributed by atoms with Crippen molar-refractivity contribution in [1.29, 1.82) is 0 Å². The van der Waals surface area contributed by atoms with E-state index in [1.807, 2.05) is 0 Å². The molecule has 1 saturated heterocycles. The summed E-state index contributed by atoms with van der Waals surface area (Å²) in [6, 6.07) is 0.471. The smallest absolute Gasteiger partial charge is 0.0619 e. The van der Waals surface area contributed by atoms with E-state index in [1.54, 1.807) is 0 Å². The van der Waals surface area contributed by atoms with Crippen LogP contribution in [0, 0.1) is 5.92 Å². The lowest BCUT2D eigenvalue weighted by molar-refractivity contribution is 0.262. The molecule has 0 bridgehead atoms. The molecule has 80 valence electrons. The third kappa shape index (κ3) is 1.22. The second kappa shape index (κ2) is 3.12. The lowest BCUT2D eigenvalue weighted by atomic mass is 9.92. The van der Waals surface area contributed by atoms with E-state index in [-0.39, 0.29) is 0 Å². The maximum Gasteiger partial charge on any atom is 0.0619 e. The SMILES string of the molecule is CN1NC=C2C1=CC=CC1C2CNN1C. The van der Waals surface area contributed by atoms with E-state index in [0.717, 1.165) is 6.54 Å².